The molecule has 110 valence electrons. The second kappa shape index (κ2) is 6.26. The van der Waals surface area contributed by atoms with Crippen molar-refractivity contribution in [1.82, 2.24) is 5.32 Å². The Kier molecular flexibility index (Phi) is 4.42. The van der Waals surface area contributed by atoms with Crippen molar-refractivity contribution in [3.05, 3.63) is 58.5 Å². The monoisotopic (exact) mass is 287 g/mol. The van der Waals surface area contributed by atoms with Crippen LogP contribution in [0.3, 0.4) is 0 Å². The summed E-state index contributed by atoms with van der Waals surface area (Å²) in [5.41, 5.74) is 1.48. The van der Waals surface area contributed by atoms with Gasteiger partial charge in [-0.2, -0.15) is 0 Å². The van der Waals surface area contributed by atoms with Crippen molar-refractivity contribution in [3.63, 3.8) is 0 Å². The van der Waals surface area contributed by atoms with Crippen LogP contribution in [0, 0.1) is 13.8 Å². The van der Waals surface area contributed by atoms with Crippen LogP contribution < -0.4 is 5.32 Å². The number of amides is 1. The van der Waals surface area contributed by atoms with E-state index in [9.17, 15) is 9.59 Å². The molecule has 2 aromatic rings. The summed E-state index contributed by atoms with van der Waals surface area (Å²) in [4.78, 5) is 23.1. The summed E-state index contributed by atoms with van der Waals surface area (Å²) in [6.45, 7) is 3.89. The van der Waals surface area contributed by atoms with E-state index in [-0.39, 0.29) is 11.5 Å². The van der Waals surface area contributed by atoms with Crippen LogP contribution in [-0.2, 0) is 6.42 Å². The third-order valence-corrected chi connectivity index (χ3v) is 3.21. The van der Waals surface area contributed by atoms with Crippen LogP contribution in [0.4, 0.5) is 0 Å². The van der Waals surface area contributed by atoms with Gasteiger partial charge in [-0.05, 0) is 38.0 Å². The summed E-state index contributed by atoms with van der Waals surface area (Å²) >= 11 is 0. The molecule has 0 radical (unpaired) electrons. The average Bonchev–Trinajstić information content (AvgIpc) is 2.78. The number of hydrogen-bond donors (Lipinski definition) is 2. The number of carboxylic acid groups (broad SMARTS) is 1. The van der Waals surface area contributed by atoms with E-state index in [1.807, 2.05) is 0 Å². The minimum atomic E-state index is -0.960. The van der Waals surface area contributed by atoms with Gasteiger partial charge in [0, 0.05) is 6.54 Å². The molecule has 0 unspecified atom stereocenters. The number of carboxylic acids is 1. The standard InChI is InChI=1S/C16H17NO4/c1-10-9-14(11(2)21-10)15(18)17-8-7-12-5-3-4-6-13(12)16(19)20/h3-6,9H,7-8H2,1-2H3,(H,17,18)(H,19,20). The van der Waals surface area contributed by atoms with Crippen LogP contribution in [0.25, 0.3) is 0 Å². The van der Waals surface area contributed by atoms with Gasteiger partial charge in [-0.3, -0.25) is 4.79 Å². The van der Waals surface area contributed by atoms with Crippen LogP contribution in [-0.4, -0.2) is 23.5 Å². The van der Waals surface area contributed by atoms with Crippen molar-refractivity contribution < 1.29 is 19.1 Å². The molecule has 5 heteroatoms. The molecule has 0 spiro atoms. The van der Waals surface area contributed by atoms with E-state index < -0.39 is 5.97 Å². The summed E-state index contributed by atoms with van der Waals surface area (Å²) in [6.07, 6.45) is 0.462. The van der Waals surface area contributed by atoms with E-state index in [1.54, 1.807) is 44.2 Å². The largest absolute Gasteiger partial charge is 0.478 e. The molecule has 2 rings (SSSR count). The van der Waals surface area contributed by atoms with E-state index in [0.717, 1.165) is 0 Å². The lowest BCUT2D eigenvalue weighted by atomic mass is 10.0. The number of aromatic carboxylic acids is 1. The lowest BCUT2D eigenvalue weighted by molar-refractivity contribution is 0.0695. The Bertz CT molecular complexity index is 673. The van der Waals surface area contributed by atoms with E-state index in [2.05, 4.69) is 5.32 Å². The van der Waals surface area contributed by atoms with E-state index in [1.165, 1.54) is 0 Å². The highest BCUT2D eigenvalue weighted by Gasteiger charge is 2.13. The Morgan fingerprint density at radius 1 is 1.19 bits per heavy atom. The number of benzene rings is 1. The molecule has 0 aliphatic carbocycles. The van der Waals surface area contributed by atoms with Crippen LogP contribution in [0.2, 0.25) is 0 Å². The van der Waals surface area contributed by atoms with Gasteiger partial charge < -0.3 is 14.8 Å². The maximum atomic E-state index is 12.0. The zero-order chi connectivity index (χ0) is 15.4. The van der Waals surface area contributed by atoms with Gasteiger partial charge in [0.1, 0.15) is 11.5 Å². The molecule has 1 aromatic heterocycles. The molecular weight excluding hydrogens is 270 g/mol. The summed E-state index contributed by atoms with van der Waals surface area (Å²) in [5, 5.41) is 11.9. The van der Waals surface area contributed by atoms with Crippen LogP contribution >= 0.6 is 0 Å². The van der Waals surface area contributed by atoms with Gasteiger partial charge in [-0.1, -0.05) is 18.2 Å². The highest BCUT2D eigenvalue weighted by atomic mass is 16.4. The van der Waals surface area contributed by atoms with Gasteiger partial charge in [-0.15, -0.1) is 0 Å². The smallest absolute Gasteiger partial charge is 0.335 e. The molecule has 1 amide bonds. The molecule has 0 fully saturated rings. The predicted octanol–water partition coefficient (Wildman–Crippen LogP) is 2.57. The second-order valence-corrected chi connectivity index (χ2v) is 4.80. The Morgan fingerprint density at radius 3 is 2.52 bits per heavy atom. The van der Waals surface area contributed by atoms with E-state index in [0.29, 0.717) is 35.6 Å². The number of hydrogen-bond acceptors (Lipinski definition) is 3. The van der Waals surface area contributed by atoms with Crippen LogP contribution in [0.1, 0.15) is 37.8 Å². The fourth-order valence-electron chi connectivity index (χ4n) is 2.21. The number of rotatable bonds is 5. The molecule has 1 heterocycles. The van der Waals surface area contributed by atoms with E-state index >= 15 is 0 Å². The summed E-state index contributed by atoms with van der Waals surface area (Å²) < 4.78 is 5.31. The lowest BCUT2D eigenvalue weighted by Crippen LogP contribution is -2.26. The van der Waals surface area contributed by atoms with Crippen molar-refractivity contribution in [2.75, 3.05) is 6.54 Å². The Hall–Kier alpha value is -2.56. The Labute approximate surface area is 122 Å². The average molecular weight is 287 g/mol. The van der Waals surface area contributed by atoms with Crippen molar-refractivity contribution in [1.29, 1.82) is 0 Å². The number of furan rings is 1. The SMILES string of the molecule is Cc1cc(C(=O)NCCc2ccccc2C(=O)O)c(C)o1. The predicted molar refractivity (Wildman–Crippen MR) is 77.6 cm³/mol. The first-order valence-corrected chi connectivity index (χ1v) is 6.65. The highest BCUT2D eigenvalue weighted by Crippen LogP contribution is 2.13. The van der Waals surface area contributed by atoms with Gasteiger partial charge >= 0.3 is 5.97 Å². The molecule has 0 bridgehead atoms. The summed E-state index contributed by atoms with van der Waals surface area (Å²) in [5.74, 6) is 0.0974. The zero-order valence-electron chi connectivity index (χ0n) is 12.0. The van der Waals surface area contributed by atoms with Crippen molar-refractivity contribution >= 4 is 11.9 Å². The maximum Gasteiger partial charge on any atom is 0.335 e. The minimum absolute atomic E-state index is 0.211. The van der Waals surface area contributed by atoms with Crippen molar-refractivity contribution in [2.45, 2.75) is 20.3 Å². The van der Waals surface area contributed by atoms with Crippen molar-refractivity contribution in [3.8, 4) is 0 Å². The molecule has 0 atom stereocenters. The summed E-state index contributed by atoms with van der Waals surface area (Å²) in [6, 6.07) is 8.47. The molecule has 0 saturated heterocycles. The first kappa shape index (κ1) is 14.8. The fourth-order valence-corrected chi connectivity index (χ4v) is 2.21. The molecule has 1 aromatic carbocycles. The maximum absolute atomic E-state index is 12.0. The molecule has 21 heavy (non-hydrogen) atoms. The molecule has 5 nitrogen and oxygen atoms in total. The first-order chi connectivity index (χ1) is 9.99. The van der Waals surface area contributed by atoms with Gasteiger partial charge in [0.05, 0.1) is 11.1 Å². The number of aryl methyl sites for hydroxylation is 2. The number of carbonyl (C=O) groups is 2. The molecule has 0 aliphatic heterocycles. The van der Waals surface area contributed by atoms with Crippen LogP contribution in [0.5, 0.6) is 0 Å². The number of carbonyl (C=O) groups excluding carboxylic acids is 1. The third-order valence-electron chi connectivity index (χ3n) is 3.21. The topological polar surface area (TPSA) is 79.5 Å². The minimum Gasteiger partial charge on any atom is -0.478 e. The Morgan fingerprint density at radius 2 is 1.90 bits per heavy atom. The van der Waals surface area contributed by atoms with Gasteiger partial charge in [0.2, 0.25) is 0 Å². The highest BCUT2D eigenvalue weighted by molar-refractivity contribution is 5.95. The molecule has 0 saturated carbocycles. The Balaban J connectivity index is 1.97. The van der Waals surface area contributed by atoms with Crippen molar-refractivity contribution in [2.24, 2.45) is 0 Å². The third kappa shape index (κ3) is 3.51. The van der Waals surface area contributed by atoms with Gasteiger partial charge in [0.15, 0.2) is 0 Å². The zero-order valence-corrected chi connectivity index (χ0v) is 12.0. The van der Waals surface area contributed by atoms with Gasteiger partial charge in [0.25, 0.3) is 5.91 Å². The molecular formula is C16H17NO4. The normalized spacial score (nSPS) is 10.4. The quantitative estimate of drug-likeness (QED) is 0.885. The van der Waals surface area contributed by atoms with E-state index in [4.69, 9.17) is 9.52 Å². The fraction of sp³-hybridized carbons (Fsp3) is 0.250. The van der Waals surface area contributed by atoms with Crippen LogP contribution in [0.15, 0.2) is 34.7 Å². The molecule has 0 aliphatic rings. The molecule has 2 N–H and O–H groups in total. The second-order valence-electron chi connectivity index (χ2n) is 4.80. The first-order valence-electron chi connectivity index (χ1n) is 6.65. The lowest BCUT2D eigenvalue weighted by Gasteiger charge is -2.07. The number of nitrogens with one attached hydrogen (secondary N) is 1. The van der Waals surface area contributed by atoms with Gasteiger partial charge in [-0.25, -0.2) is 4.79 Å². The summed E-state index contributed by atoms with van der Waals surface area (Å²) in [7, 11) is 0.